The summed E-state index contributed by atoms with van der Waals surface area (Å²) in [6.07, 6.45) is 0.745. The van der Waals surface area contributed by atoms with Gasteiger partial charge in [0.05, 0.1) is 6.54 Å². The molecule has 1 saturated heterocycles. The normalized spacial score (nSPS) is 21.4. The van der Waals surface area contributed by atoms with Gasteiger partial charge in [-0.3, -0.25) is 9.69 Å². The molecule has 0 spiro atoms. The van der Waals surface area contributed by atoms with Crippen molar-refractivity contribution in [1.82, 2.24) is 10.2 Å². The Kier molecular flexibility index (Phi) is 3.88. The van der Waals surface area contributed by atoms with Crippen molar-refractivity contribution in [3.63, 3.8) is 0 Å². The van der Waals surface area contributed by atoms with Crippen molar-refractivity contribution < 1.29 is 4.79 Å². The zero-order valence-corrected chi connectivity index (χ0v) is 8.84. The minimum atomic E-state index is 0.388. The Hall–Kier alpha value is -0.410. The standard InChI is InChI=1S/C10H20N2O/c1-8(2)10(11-3)7-12-5-4-9(13)6-12/h8,10-11H,4-7H2,1-3H3/t10-/m1/s1. The predicted molar refractivity (Wildman–Crippen MR) is 53.7 cm³/mol. The average Bonchev–Trinajstić information content (AvgIpc) is 2.46. The van der Waals surface area contributed by atoms with Crippen LogP contribution in [0.3, 0.4) is 0 Å². The fraction of sp³-hybridized carbons (Fsp3) is 0.900. The summed E-state index contributed by atoms with van der Waals surface area (Å²) in [5.74, 6) is 1.01. The fourth-order valence-corrected chi connectivity index (χ4v) is 1.76. The largest absolute Gasteiger partial charge is 0.315 e. The van der Waals surface area contributed by atoms with Gasteiger partial charge in [-0.15, -0.1) is 0 Å². The Morgan fingerprint density at radius 2 is 2.23 bits per heavy atom. The lowest BCUT2D eigenvalue weighted by atomic mass is 10.0. The highest BCUT2D eigenvalue weighted by Crippen LogP contribution is 2.08. The van der Waals surface area contributed by atoms with Crippen LogP contribution in [-0.2, 0) is 4.79 Å². The molecular formula is C10H20N2O. The van der Waals surface area contributed by atoms with Gasteiger partial charge in [-0.25, -0.2) is 0 Å². The molecule has 1 atom stereocenters. The molecular weight excluding hydrogens is 164 g/mol. The van der Waals surface area contributed by atoms with Gasteiger partial charge in [-0.1, -0.05) is 13.8 Å². The molecule has 0 bridgehead atoms. The topological polar surface area (TPSA) is 32.3 Å². The number of carbonyl (C=O) groups excluding carboxylic acids is 1. The molecule has 0 radical (unpaired) electrons. The van der Waals surface area contributed by atoms with Crippen molar-refractivity contribution >= 4 is 5.78 Å². The smallest absolute Gasteiger partial charge is 0.148 e. The summed E-state index contributed by atoms with van der Waals surface area (Å²) in [4.78, 5) is 13.3. The minimum Gasteiger partial charge on any atom is -0.315 e. The molecule has 13 heavy (non-hydrogen) atoms. The van der Waals surface area contributed by atoms with E-state index in [1.54, 1.807) is 0 Å². The van der Waals surface area contributed by atoms with Crippen LogP contribution in [0.15, 0.2) is 0 Å². The molecule has 0 unspecified atom stereocenters. The van der Waals surface area contributed by atoms with Gasteiger partial charge in [-0.05, 0) is 13.0 Å². The molecule has 1 N–H and O–H groups in total. The molecule has 0 amide bonds. The number of nitrogens with one attached hydrogen (secondary N) is 1. The van der Waals surface area contributed by atoms with Gasteiger partial charge in [0.1, 0.15) is 5.78 Å². The van der Waals surface area contributed by atoms with Crippen LogP contribution >= 0.6 is 0 Å². The van der Waals surface area contributed by atoms with Crippen LogP contribution in [-0.4, -0.2) is 43.4 Å². The number of likely N-dealkylation sites (N-methyl/N-ethyl adjacent to an activating group) is 1. The summed E-state index contributed by atoms with van der Waals surface area (Å²) in [5.41, 5.74) is 0. The van der Waals surface area contributed by atoms with E-state index in [2.05, 4.69) is 24.1 Å². The first-order valence-electron chi connectivity index (χ1n) is 5.04. The van der Waals surface area contributed by atoms with E-state index in [0.717, 1.165) is 19.5 Å². The molecule has 0 aromatic rings. The molecule has 76 valence electrons. The van der Waals surface area contributed by atoms with Crippen molar-refractivity contribution in [1.29, 1.82) is 0 Å². The maximum Gasteiger partial charge on any atom is 0.148 e. The first-order valence-corrected chi connectivity index (χ1v) is 5.04. The molecule has 0 aliphatic carbocycles. The fourth-order valence-electron chi connectivity index (χ4n) is 1.76. The molecule has 3 heteroatoms. The highest BCUT2D eigenvalue weighted by molar-refractivity contribution is 5.82. The van der Waals surface area contributed by atoms with Crippen LogP contribution < -0.4 is 5.32 Å². The lowest BCUT2D eigenvalue weighted by Crippen LogP contribution is -2.41. The Morgan fingerprint density at radius 1 is 1.54 bits per heavy atom. The molecule has 1 heterocycles. The minimum absolute atomic E-state index is 0.388. The monoisotopic (exact) mass is 184 g/mol. The molecule has 0 aromatic heterocycles. The second-order valence-corrected chi connectivity index (χ2v) is 4.16. The third kappa shape index (κ3) is 3.08. The van der Waals surface area contributed by atoms with E-state index in [9.17, 15) is 4.79 Å². The van der Waals surface area contributed by atoms with E-state index in [0.29, 0.717) is 24.3 Å². The molecule has 0 aromatic carbocycles. The number of hydrogen-bond donors (Lipinski definition) is 1. The lowest BCUT2D eigenvalue weighted by molar-refractivity contribution is -0.116. The Morgan fingerprint density at radius 3 is 2.62 bits per heavy atom. The molecule has 1 aliphatic heterocycles. The van der Waals surface area contributed by atoms with Crippen LogP contribution in [0.25, 0.3) is 0 Å². The summed E-state index contributed by atoms with van der Waals surface area (Å²) < 4.78 is 0. The SMILES string of the molecule is CN[C@H](CN1CCC(=O)C1)C(C)C. The number of likely N-dealkylation sites (tertiary alicyclic amines) is 1. The van der Waals surface area contributed by atoms with Gasteiger partial charge < -0.3 is 5.32 Å². The third-order valence-corrected chi connectivity index (χ3v) is 2.74. The van der Waals surface area contributed by atoms with Crippen molar-refractivity contribution in [3.05, 3.63) is 0 Å². The second kappa shape index (κ2) is 4.72. The van der Waals surface area contributed by atoms with Crippen LogP contribution in [0.1, 0.15) is 20.3 Å². The summed E-state index contributed by atoms with van der Waals surface area (Å²) in [7, 11) is 1.99. The average molecular weight is 184 g/mol. The maximum atomic E-state index is 11.0. The van der Waals surface area contributed by atoms with Crippen molar-refractivity contribution in [2.24, 2.45) is 5.92 Å². The summed E-state index contributed by atoms with van der Waals surface area (Å²) in [6, 6.07) is 0.505. The van der Waals surface area contributed by atoms with Gasteiger partial charge in [0.15, 0.2) is 0 Å². The van der Waals surface area contributed by atoms with Crippen molar-refractivity contribution in [2.45, 2.75) is 26.3 Å². The van der Waals surface area contributed by atoms with Crippen molar-refractivity contribution in [3.8, 4) is 0 Å². The summed E-state index contributed by atoms with van der Waals surface area (Å²) in [6.45, 7) is 7.02. The number of ketones is 1. The molecule has 0 saturated carbocycles. The van der Waals surface area contributed by atoms with Crippen LogP contribution in [0.4, 0.5) is 0 Å². The molecule has 3 nitrogen and oxygen atoms in total. The van der Waals surface area contributed by atoms with Crippen LogP contribution in [0.2, 0.25) is 0 Å². The van der Waals surface area contributed by atoms with E-state index < -0.39 is 0 Å². The van der Waals surface area contributed by atoms with E-state index in [4.69, 9.17) is 0 Å². The molecule has 1 rings (SSSR count). The van der Waals surface area contributed by atoms with Gasteiger partial charge in [0, 0.05) is 25.6 Å². The number of rotatable bonds is 4. The number of nitrogens with zero attached hydrogens (tertiary/aromatic N) is 1. The van der Waals surface area contributed by atoms with E-state index in [-0.39, 0.29) is 0 Å². The lowest BCUT2D eigenvalue weighted by Gasteiger charge is -2.25. The zero-order chi connectivity index (χ0) is 9.84. The van der Waals surface area contributed by atoms with E-state index in [1.165, 1.54) is 0 Å². The molecule has 1 aliphatic rings. The zero-order valence-electron chi connectivity index (χ0n) is 8.84. The van der Waals surface area contributed by atoms with E-state index in [1.807, 2.05) is 7.05 Å². The number of Topliss-reactive ketones (excluding diaryl/α,β-unsaturated/α-hetero) is 1. The van der Waals surface area contributed by atoms with Crippen LogP contribution in [0, 0.1) is 5.92 Å². The Balaban J connectivity index is 2.34. The maximum absolute atomic E-state index is 11.0. The van der Waals surface area contributed by atoms with Crippen LogP contribution in [0.5, 0.6) is 0 Å². The van der Waals surface area contributed by atoms with Crippen molar-refractivity contribution in [2.75, 3.05) is 26.7 Å². The summed E-state index contributed by atoms with van der Waals surface area (Å²) >= 11 is 0. The Bertz CT molecular complexity index is 180. The number of hydrogen-bond acceptors (Lipinski definition) is 3. The predicted octanol–water partition coefficient (Wildman–Crippen LogP) is 0.505. The van der Waals surface area contributed by atoms with Gasteiger partial charge in [0.25, 0.3) is 0 Å². The van der Waals surface area contributed by atoms with Gasteiger partial charge in [0.2, 0.25) is 0 Å². The molecule has 1 fully saturated rings. The third-order valence-electron chi connectivity index (χ3n) is 2.74. The first kappa shape index (κ1) is 10.7. The number of carbonyl (C=O) groups is 1. The second-order valence-electron chi connectivity index (χ2n) is 4.16. The first-order chi connectivity index (χ1) is 6.13. The highest BCUT2D eigenvalue weighted by atomic mass is 16.1. The van der Waals surface area contributed by atoms with Gasteiger partial charge >= 0.3 is 0 Å². The summed E-state index contributed by atoms with van der Waals surface area (Å²) in [5, 5.41) is 3.29. The quantitative estimate of drug-likeness (QED) is 0.691. The Labute approximate surface area is 80.5 Å². The van der Waals surface area contributed by atoms with E-state index >= 15 is 0 Å². The van der Waals surface area contributed by atoms with Gasteiger partial charge in [-0.2, -0.15) is 0 Å². The highest BCUT2D eigenvalue weighted by Gasteiger charge is 2.22.